The van der Waals surface area contributed by atoms with Crippen LogP contribution < -0.4 is 15.0 Å². The monoisotopic (exact) mass is 512 g/mol. The van der Waals surface area contributed by atoms with Crippen LogP contribution in [-0.4, -0.2) is 71.0 Å². The van der Waals surface area contributed by atoms with Gasteiger partial charge in [-0.3, -0.25) is 0 Å². The van der Waals surface area contributed by atoms with Gasteiger partial charge in [-0.1, -0.05) is 13.0 Å². The first kappa shape index (κ1) is 27.1. The maximum absolute atomic E-state index is 9.59. The molecule has 4 rings (SSSR count). The molecule has 37 heavy (non-hydrogen) atoms. The molecule has 0 aromatic carbocycles. The molecule has 3 aromatic rings. The summed E-state index contributed by atoms with van der Waals surface area (Å²) in [5.41, 5.74) is 3.03. The van der Waals surface area contributed by atoms with E-state index in [1.165, 1.54) is 6.42 Å². The predicted octanol–water partition coefficient (Wildman–Crippen LogP) is 3.82. The van der Waals surface area contributed by atoms with Gasteiger partial charge in [0.15, 0.2) is 11.9 Å². The van der Waals surface area contributed by atoms with Gasteiger partial charge in [0.1, 0.15) is 11.6 Å². The fraction of sp³-hybridized carbons (Fsp3) is 0.593. The number of anilines is 2. The summed E-state index contributed by atoms with van der Waals surface area (Å²) in [5, 5.41) is 17.7. The summed E-state index contributed by atoms with van der Waals surface area (Å²) in [4.78, 5) is 11.8. The molecule has 3 aromatic heterocycles. The van der Waals surface area contributed by atoms with Crippen LogP contribution in [0.2, 0.25) is 0 Å². The molecule has 1 unspecified atom stereocenters. The minimum atomic E-state index is -0.205. The normalized spacial score (nSPS) is 16.0. The predicted molar refractivity (Wildman–Crippen MR) is 143 cm³/mol. The summed E-state index contributed by atoms with van der Waals surface area (Å²) in [6, 6.07) is 6.30. The summed E-state index contributed by atoms with van der Waals surface area (Å²) in [7, 11) is 3.27. The molecule has 0 spiro atoms. The van der Waals surface area contributed by atoms with Gasteiger partial charge in [0.25, 0.3) is 0 Å². The van der Waals surface area contributed by atoms with Gasteiger partial charge in [-0.2, -0.15) is 9.61 Å². The smallest absolute Gasteiger partial charge is 0.213 e. The van der Waals surface area contributed by atoms with Crippen molar-refractivity contribution in [1.29, 1.82) is 0 Å². The van der Waals surface area contributed by atoms with E-state index in [1.54, 1.807) is 14.2 Å². The highest BCUT2D eigenvalue weighted by Gasteiger charge is 2.25. The number of aryl methyl sites for hydroxylation is 1. The fourth-order valence-corrected chi connectivity index (χ4v) is 4.82. The van der Waals surface area contributed by atoms with Crippen LogP contribution in [0.15, 0.2) is 30.6 Å². The Bertz CT molecular complexity index is 1100. The molecule has 1 fully saturated rings. The number of pyridine rings is 1. The number of methoxy groups -OCH3 is 2. The van der Waals surface area contributed by atoms with E-state index in [1.807, 2.05) is 29.0 Å². The zero-order valence-corrected chi connectivity index (χ0v) is 22.2. The number of aliphatic hydroxyl groups is 1. The number of hydrogen-bond donors (Lipinski definition) is 2. The number of ether oxygens (including phenoxy) is 3. The number of aromatic nitrogens is 4. The largest absolute Gasteiger partial charge is 0.478 e. The van der Waals surface area contributed by atoms with Crippen molar-refractivity contribution < 1.29 is 19.3 Å². The van der Waals surface area contributed by atoms with Gasteiger partial charge in [0, 0.05) is 70.3 Å². The molecule has 0 aliphatic carbocycles. The van der Waals surface area contributed by atoms with Crippen LogP contribution in [0, 0.1) is 0 Å². The molecule has 1 aliphatic heterocycles. The zero-order valence-electron chi connectivity index (χ0n) is 22.2. The third kappa shape index (κ3) is 6.88. The number of nitrogens with one attached hydrogen (secondary N) is 1. The highest BCUT2D eigenvalue weighted by molar-refractivity contribution is 5.61. The van der Waals surface area contributed by atoms with Crippen LogP contribution in [0.4, 0.5) is 11.6 Å². The van der Waals surface area contributed by atoms with Crippen LogP contribution in [0.5, 0.6) is 5.88 Å². The second kappa shape index (κ2) is 13.6. The molecule has 202 valence electrons. The fourth-order valence-electron chi connectivity index (χ4n) is 4.82. The van der Waals surface area contributed by atoms with E-state index in [2.05, 4.69) is 33.3 Å². The maximum Gasteiger partial charge on any atom is 0.213 e. The molecule has 1 aliphatic rings. The van der Waals surface area contributed by atoms with Gasteiger partial charge in [-0.25, -0.2) is 9.97 Å². The number of nitrogens with zero attached hydrogens (tertiary/aromatic N) is 5. The quantitative estimate of drug-likeness (QED) is 0.246. The Morgan fingerprint density at radius 3 is 2.78 bits per heavy atom. The van der Waals surface area contributed by atoms with Gasteiger partial charge in [-0.15, -0.1) is 0 Å². The minimum Gasteiger partial charge on any atom is -0.478 e. The van der Waals surface area contributed by atoms with Crippen molar-refractivity contribution in [2.75, 3.05) is 44.2 Å². The Morgan fingerprint density at radius 1 is 1.19 bits per heavy atom. The van der Waals surface area contributed by atoms with Crippen LogP contribution in [0.3, 0.4) is 0 Å². The lowest BCUT2D eigenvalue weighted by Crippen LogP contribution is -2.40. The third-order valence-electron chi connectivity index (χ3n) is 6.93. The van der Waals surface area contributed by atoms with Crippen molar-refractivity contribution in [3.05, 3.63) is 41.7 Å². The van der Waals surface area contributed by atoms with E-state index >= 15 is 0 Å². The average molecular weight is 513 g/mol. The molecule has 10 nitrogen and oxygen atoms in total. The lowest BCUT2D eigenvalue weighted by atomic mass is 9.99. The Kier molecular flexibility index (Phi) is 9.92. The van der Waals surface area contributed by atoms with Crippen LogP contribution in [0.25, 0.3) is 5.65 Å². The summed E-state index contributed by atoms with van der Waals surface area (Å²) < 4.78 is 18.0. The highest BCUT2D eigenvalue weighted by atomic mass is 16.7. The molecular weight excluding hydrogens is 472 g/mol. The van der Waals surface area contributed by atoms with E-state index in [0.717, 1.165) is 73.5 Å². The first-order valence-corrected chi connectivity index (χ1v) is 13.3. The number of piperidine rings is 1. The van der Waals surface area contributed by atoms with Crippen LogP contribution in [0.1, 0.15) is 56.6 Å². The highest BCUT2D eigenvalue weighted by Crippen LogP contribution is 2.29. The topological polar surface area (TPSA) is 106 Å². The van der Waals surface area contributed by atoms with Crippen molar-refractivity contribution in [1.82, 2.24) is 19.6 Å². The van der Waals surface area contributed by atoms with Crippen molar-refractivity contribution in [2.45, 2.75) is 70.7 Å². The van der Waals surface area contributed by atoms with Gasteiger partial charge in [0.2, 0.25) is 5.88 Å². The van der Waals surface area contributed by atoms with Crippen molar-refractivity contribution in [2.24, 2.45) is 0 Å². The molecule has 0 bridgehead atoms. The van der Waals surface area contributed by atoms with E-state index in [-0.39, 0.29) is 12.9 Å². The second-order valence-corrected chi connectivity index (χ2v) is 9.36. The van der Waals surface area contributed by atoms with Crippen molar-refractivity contribution >= 4 is 17.3 Å². The van der Waals surface area contributed by atoms with Gasteiger partial charge in [-0.05, 0) is 44.1 Å². The van der Waals surface area contributed by atoms with E-state index in [9.17, 15) is 5.11 Å². The number of fused-ring (bicyclic) bond motifs is 1. The molecular formula is C27H40N6O4. The van der Waals surface area contributed by atoms with Crippen LogP contribution >= 0.6 is 0 Å². The number of rotatable bonds is 14. The molecule has 4 heterocycles. The molecule has 0 amide bonds. The van der Waals surface area contributed by atoms with Crippen molar-refractivity contribution in [3.63, 3.8) is 0 Å². The first-order valence-electron chi connectivity index (χ1n) is 13.3. The Labute approximate surface area is 219 Å². The summed E-state index contributed by atoms with van der Waals surface area (Å²) >= 11 is 0. The first-order chi connectivity index (χ1) is 18.2. The van der Waals surface area contributed by atoms with Gasteiger partial charge < -0.3 is 29.5 Å². The lowest BCUT2D eigenvalue weighted by molar-refractivity contribution is -0.108. The minimum absolute atomic E-state index is 0.189. The molecule has 1 atom stereocenters. The number of hydrogen-bond acceptors (Lipinski definition) is 9. The van der Waals surface area contributed by atoms with Gasteiger partial charge >= 0.3 is 0 Å². The zero-order chi connectivity index (χ0) is 26.0. The molecule has 2 N–H and O–H groups in total. The Hall–Kier alpha value is -2.95. The van der Waals surface area contributed by atoms with Crippen molar-refractivity contribution in [3.8, 4) is 5.88 Å². The molecule has 1 saturated heterocycles. The van der Waals surface area contributed by atoms with Crippen LogP contribution in [-0.2, 0) is 22.4 Å². The summed E-state index contributed by atoms with van der Waals surface area (Å²) in [6.07, 6.45) is 10.1. The lowest BCUT2D eigenvalue weighted by Gasteiger charge is -2.36. The Balaban J connectivity index is 1.44. The molecule has 0 saturated carbocycles. The Morgan fingerprint density at radius 2 is 2.05 bits per heavy atom. The molecule has 0 radical (unpaired) electrons. The average Bonchev–Trinajstić information content (AvgIpc) is 3.36. The summed E-state index contributed by atoms with van der Waals surface area (Å²) in [5.74, 6) is 2.43. The van der Waals surface area contributed by atoms with E-state index < -0.39 is 0 Å². The standard InChI is InChI=1S/C27H40N6O4/c1-4-21-19-30-33-23(16-24(31-27(21)33)32-13-6-5-8-22(32)12-14-34)28-17-20-10-11-25(29-18-20)37-15-7-9-26(35-2)36-3/h10-11,16,18-19,22,26,28,34H,4-9,12-15,17H2,1-3H3. The third-order valence-corrected chi connectivity index (χ3v) is 6.93. The SMILES string of the molecule is CCc1cnn2c(NCc3ccc(OCCCC(OC)OC)nc3)cc(N3CCCCC3CCO)nc12. The molecule has 10 heteroatoms. The second-order valence-electron chi connectivity index (χ2n) is 9.36. The van der Waals surface area contributed by atoms with Gasteiger partial charge in [0.05, 0.1) is 12.8 Å². The maximum atomic E-state index is 9.59. The van der Waals surface area contributed by atoms with E-state index in [4.69, 9.17) is 19.2 Å². The summed E-state index contributed by atoms with van der Waals surface area (Å²) in [6.45, 7) is 4.41. The number of aliphatic hydroxyl groups excluding tert-OH is 1. The van der Waals surface area contributed by atoms with E-state index in [0.29, 0.717) is 25.1 Å².